The molecule has 430 valence electrons. The van der Waals surface area contributed by atoms with Crippen LogP contribution in [0.15, 0.2) is 279 Å². The fourth-order valence-electron chi connectivity index (χ4n) is 16.5. The Hall–Kier alpha value is -10.1. The van der Waals surface area contributed by atoms with Crippen LogP contribution in [0.2, 0.25) is 0 Å². The third-order valence-corrected chi connectivity index (χ3v) is 21.6. The molecule has 0 nitrogen and oxygen atoms in total. The highest BCUT2D eigenvalue weighted by molar-refractivity contribution is 5.99. The lowest BCUT2D eigenvalue weighted by Gasteiger charge is -2.22. The summed E-state index contributed by atoms with van der Waals surface area (Å²) in [5, 5.41) is 0. The van der Waals surface area contributed by atoms with E-state index in [-0.39, 0.29) is 21.7 Å². The summed E-state index contributed by atoms with van der Waals surface area (Å²) >= 11 is 0. The van der Waals surface area contributed by atoms with E-state index >= 15 is 0 Å². The molecule has 0 aliphatic heterocycles. The molecular formula is C90H70. The van der Waals surface area contributed by atoms with Crippen molar-refractivity contribution in [3.05, 3.63) is 324 Å². The summed E-state index contributed by atoms with van der Waals surface area (Å²) in [5.41, 5.74) is 40.8. The van der Waals surface area contributed by atoms with Crippen LogP contribution in [0.5, 0.6) is 0 Å². The fraction of sp³-hybridized carbons (Fsp3) is 0.133. The van der Waals surface area contributed by atoms with Gasteiger partial charge in [0.2, 0.25) is 0 Å². The molecule has 0 N–H and O–H groups in total. The third-order valence-electron chi connectivity index (χ3n) is 21.6. The predicted molar refractivity (Wildman–Crippen MR) is 380 cm³/mol. The first kappa shape index (κ1) is 54.0. The molecule has 0 saturated heterocycles. The number of hydrogen-bond acceptors (Lipinski definition) is 0. The Labute approximate surface area is 530 Å². The van der Waals surface area contributed by atoms with E-state index in [1.54, 1.807) is 0 Å². The average molecular weight is 1150 g/mol. The van der Waals surface area contributed by atoms with E-state index in [0.29, 0.717) is 0 Å². The number of fused-ring (bicyclic) bond motifs is 12. The lowest BCUT2D eigenvalue weighted by Crippen LogP contribution is -2.14. The monoisotopic (exact) mass is 1150 g/mol. The predicted octanol–water partition coefficient (Wildman–Crippen LogP) is 24.2. The minimum absolute atomic E-state index is 0.0750. The van der Waals surface area contributed by atoms with E-state index in [1.165, 1.54) is 178 Å². The molecule has 0 aromatic heterocycles. The maximum Gasteiger partial charge on any atom is 0.0159 e. The second-order valence-electron chi connectivity index (χ2n) is 28.0. The van der Waals surface area contributed by atoms with E-state index in [9.17, 15) is 0 Å². The lowest BCUT2D eigenvalue weighted by atomic mass is 9.81. The molecule has 0 amide bonds. The van der Waals surface area contributed by atoms with Gasteiger partial charge in [0.05, 0.1) is 0 Å². The van der Waals surface area contributed by atoms with Crippen molar-refractivity contribution in [2.45, 2.75) is 77.0 Å². The SMILES string of the molecule is CC1(C)c2ccccc2-c2ccc(-c3ccc(-c4cc(-c5ccc(-c6ccc7c(c6)C(C)(C)c6ccccc6-7)cc5)c(-c5ccc(-c6ccc7c(c6)C(C)(C)c6ccccc6-7)cc5)c(-c5ccc(-c6ccc7c(c6)C(C)(C)c6ccccc6-7)cc5)c4)cc3)cc21. The zero-order valence-electron chi connectivity index (χ0n) is 52.6. The highest BCUT2D eigenvalue weighted by Gasteiger charge is 2.39. The topological polar surface area (TPSA) is 0 Å². The van der Waals surface area contributed by atoms with Crippen LogP contribution < -0.4 is 0 Å². The van der Waals surface area contributed by atoms with Gasteiger partial charge in [-0.2, -0.15) is 0 Å². The quantitative estimate of drug-likeness (QED) is 0.142. The van der Waals surface area contributed by atoms with Gasteiger partial charge in [0, 0.05) is 21.7 Å². The summed E-state index contributed by atoms with van der Waals surface area (Å²) in [5.74, 6) is 0. The number of hydrogen-bond donors (Lipinski definition) is 0. The minimum Gasteiger partial charge on any atom is -0.0619 e. The summed E-state index contributed by atoms with van der Waals surface area (Å²) in [6.07, 6.45) is 0. The largest absolute Gasteiger partial charge is 0.0619 e. The Balaban J connectivity index is 0.812. The van der Waals surface area contributed by atoms with Gasteiger partial charge in [-0.3, -0.25) is 0 Å². The molecule has 90 heavy (non-hydrogen) atoms. The van der Waals surface area contributed by atoms with Crippen LogP contribution in [0.1, 0.15) is 99.9 Å². The molecule has 0 spiro atoms. The molecular weight excluding hydrogens is 1080 g/mol. The van der Waals surface area contributed by atoms with Gasteiger partial charge in [-0.25, -0.2) is 0 Å². The van der Waals surface area contributed by atoms with Gasteiger partial charge >= 0.3 is 0 Å². The molecule has 4 aliphatic rings. The zero-order valence-corrected chi connectivity index (χ0v) is 52.6. The van der Waals surface area contributed by atoms with Crippen molar-refractivity contribution in [1.82, 2.24) is 0 Å². The minimum atomic E-state index is -0.0865. The van der Waals surface area contributed by atoms with E-state index in [0.717, 1.165) is 0 Å². The Morgan fingerprint density at radius 3 is 0.611 bits per heavy atom. The normalized spacial score (nSPS) is 15.0. The Morgan fingerprint density at radius 2 is 0.344 bits per heavy atom. The van der Waals surface area contributed by atoms with Crippen LogP contribution in [0, 0.1) is 0 Å². The van der Waals surface area contributed by atoms with Crippen LogP contribution in [-0.2, 0) is 21.7 Å². The van der Waals surface area contributed by atoms with E-state index < -0.39 is 0 Å². The molecule has 13 aromatic rings. The maximum atomic E-state index is 2.46. The second-order valence-corrected chi connectivity index (χ2v) is 28.0. The van der Waals surface area contributed by atoms with Crippen molar-refractivity contribution in [3.63, 3.8) is 0 Å². The van der Waals surface area contributed by atoms with Crippen LogP contribution in [-0.4, -0.2) is 0 Å². The Bertz CT molecular complexity index is 4940. The van der Waals surface area contributed by atoms with E-state index in [2.05, 4.69) is 334 Å². The lowest BCUT2D eigenvalue weighted by molar-refractivity contribution is 0.660. The van der Waals surface area contributed by atoms with Gasteiger partial charge < -0.3 is 0 Å². The molecule has 0 radical (unpaired) electrons. The Morgan fingerprint density at radius 1 is 0.144 bits per heavy atom. The van der Waals surface area contributed by atoms with Crippen LogP contribution >= 0.6 is 0 Å². The molecule has 13 aromatic carbocycles. The van der Waals surface area contributed by atoms with Gasteiger partial charge in [-0.05, 0) is 214 Å². The fourth-order valence-corrected chi connectivity index (χ4v) is 16.5. The standard InChI is InChI=1S/C90H70/c1-87(2)78-21-13-9-17-68(78)72-45-41-63(51-82(72)87)55-25-27-59(28-26-55)67-49-76(60-35-29-56(30-36-60)64-42-46-73-69-18-10-14-22-79(69)88(3,4)83(73)52-64)86(62-39-33-58(34-40-62)66-44-48-75-71-20-12-16-24-81(71)90(7,8)85(75)54-66)77(50-67)61-37-31-57(32-38-61)65-43-47-74-70-19-11-15-23-80(70)89(5,6)84(74)53-65/h9-54H,1-8H3. The number of rotatable bonds is 8. The summed E-state index contributed by atoms with van der Waals surface area (Å²) in [4.78, 5) is 0. The first-order chi connectivity index (χ1) is 43.6. The van der Waals surface area contributed by atoms with Crippen molar-refractivity contribution in [2.24, 2.45) is 0 Å². The molecule has 0 heteroatoms. The van der Waals surface area contributed by atoms with Crippen LogP contribution in [0.3, 0.4) is 0 Å². The van der Waals surface area contributed by atoms with Crippen molar-refractivity contribution in [2.75, 3.05) is 0 Å². The second kappa shape index (κ2) is 19.7. The van der Waals surface area contributed by atoms with Crippen molar-refractivity contribution < 1.29 is 0 Å². The molecule has 0 heterocycles. The van der Waals surface area contributed by atoms with Crippen LogP contribution in [0.25, 0.3) is 134 Å². The third kappa shape index (κ3) is 8.13. The summed E-state index contributed by atoms with van der Waals surface area (Å²) in [6.45, 7) is 19.0. The molecule has 0 bridgehead atoms. The summed E-state index contributed by atoms with van der Waals surface area (Å²) < 4.78 is 0. The van der Waals surface area contributed by atoms with Gasteiger partial charge in [0.25, 0.3) is 0 Å². The van der Waals surface area contributed by atoms with Crippen molar-refractivity contribution in [3.8, 4) is 134 Å². The molecule has 0 unspecified atom stereocenters. The van der Waals surface area contributed by atoms with Crippen molar-refractivity contribution in [1.29, 1.82) is 0 Å². The molecule has 17 rings (SSSR count). The van der Waals surface area contributed by atoms with Gasteiger partial charge in [-0.1, -0.05) is 298 Å². The number of benzene rings is 13. The molecule has 0 saturated carbocycles. The molecule has 4 aliphatic carbocycles. The highest BCUT2D eigenvalue weighted by Crippen LogP contribution is 2.55. The molecule has 0 fully saturated rings. The molecule has 0 atom stereocenters. The summed E-state index contributed by atoms with van der Waals surface area (Å²) in [6, 6.07) is 107. The van der Waals surface area contributed by atoms with Gasteiger partial charge in [0.15, 0.2) is 0 Å². The van der Waals surface area contributed by atoms with E-state index in [1.807, 2.05) is 0 Å². The van der Waals surface area contributed by atoms with Gasteiger partial charge in [-0.15, -0.1) is 0 Å². The van der Waals surface area contributed by atoms with E-state index in [4.69, 9.17) is 0 Å². The zero-order chi connectivity index (χ0) is 61.0. The smallest absolute Gasteiger partial charge is 0.0159 e. The first-order valence-corrected chi connectivity index (χ1v) is 32.2. The van der Waals surface area contributed by atoms with Crippen molar-refractivity contribution >= 4 is 0 Å². The van der Waals surface area contributed by atoms with Crippen LogP contribution in [0.4, 0.5) is 0 Å². The Kier molecular flexibility index (Phi) is 11.8. The maximum absolute atomic E-state index is 2.46. The van der Waals surface area contributed by atoms with Gasteiger partial charge in [0.1, 0.15) is 0 Å². The average Bonchev–Trinajstić information content (AvgIpc) is 1.65. The first-order valence-electron chi connectivity index (χ1n) is 32.2. The highest BCUT2D eigenvalue weighted by atomic mass is 14.4. The summed E-state index contributed by atoms with van der Waals surface area (Å²) in [7, 11) is 0.